The molecule has 1 aromatic rings. The fourth-order valence-electron chi connectivity index (χ4n) is 2.55. The maximum atomic E-state index is 13.0. The highest BCUT2D eigenvalue weighted by atomic mass is 19.4. The Morgan fingerprint density at radius 1 is 1.15 bits per heavy atom. The SMILES string of the molecule is CCCCC(CC)CC(N)c1ccccc1C(F)(F)F. The van der Waals surface area contributed by atoms with Crippen LogP contribution in [0.1, 0.15) is 63.1 Å². The van der Waals surface area contributed by atoms with Gasteiger partial charge in [-0.2, -0.15) is 13.2 Å². The number of halogens is 3. The van der Waals surface area contributed by atoms with Crippen LogP contribution in [0, 0.1) is 5.92 Å². The first-order valence-electron chi connectivity index (χ1n) is 7.31. The van der Waals surface area contributed by atoms with E-state index < -0.39 is 17.8 Å². The summed E-state index contributed by atoms with van der Waals surface area (Å²) in [4.78, 5) is 0. The lowest BCUT2D eigenvalue weighted by Crippen LogP contribution is -2.20. The zero-order chi connectivity index (χ0) is 15.2. The number of rotatable bonds is 7. The molecular formula is C16H24F3N. The van der Waals surface area contributed by atoms with Gasteiger partial charge in [0.15, 0.2) is 0 Å². The van der Waals surface area contributed by atoms with Gasteiger partial charge in [-0.15, -0.1) is 0 Å². The minimum atomic E-state index is -4.33. The van der Waals surface area contributed by atoms with Crippen molar-refractivity contribution in [2.24, 2.45) is 11.7 Å². The maximum absolute atomic E-state index is 13.0. The fourth-order valence-corrected chi connectivity index (χ4v) is 2.55. The van der Waals surface area contributed by atoms with Crippen LogP contribution in [0.5, 0.6) is 0 Å². The molecule has 0 fully saturated rings. The van der Waals surface area contributed by atoms with Gasteiger partial charge in [0.25, 0.3) is 0 Å². The first-order chi connectivity index (χ1) is 9.40. The van der Waals surface area contributed by atoms with Crippen LogP contribution >= 0.6 is 0 Å². The van der Waals surface area contributed by atoms with Gasteiger partial charge in [-0.25, -0.2) is 0 Å². The molecule has 0 spiro atoms. The largest absolute Gasteiger partial charge is 0.416 e. The van der Waals surface area contributed by atoms with Gasteiger partial charge in [-0.05, 0) is 24.0 Å². The van der Waals surface area contributed by atoms with Crippen LogP contribution in [-0.4, -0.2) is 0 Å². The van der Waals surface area contributed by atoms with E-state index in [1.54, 1.807) is 6.07 Å². The number of hydrogen-bond donors (Lipinski definition) is 1. The van der Waals surface area contributed by atoms with Crippen LogP contribution in [0.4, 0.5) is 13.2 Å². The average molecular weight is 287 g/mol. The second-order valence-electron chi connectivity index (χ2n) is 5.34. The van der Waals surface area contributed by atoms with Crippen LogP contribution in [0.15, 0.2) is 24.3 Å². The van der Waals surface area contributed by atoms with Crippen molar-refractivity contribution in [3.63, 3.8) is 0 Å². The van der Waals surface area contributed by atoms with Gasteiger partial charge < -0.3 is 5.73 Å². The van der Waals surface area contributed by atoms with E-state index >= 15 is 0 Å². The van der Waals surface area contributed by atoms with Crippen molar-refractivity contribution in [1.82, 2.24) is 0 Å². The summed E-state index contributed by atoms with van der Waals surface area (Å²) >= 11 is 0. The molecule has 4 heteroatoms. The van der Waals surface area contributed by atoms with E-state index in [0.29, 0.717) is 12.3 Å². The first kappa shape index (κ1) is 17.0. The molecule has 0 saturated carbocycles. The number of hydrogen-bond acceptors (Lipinski definition) is 1. The quantitative estimate of drug-likeness (QED) is 0.722. The van der Waals surface area contributed by atoms with Crippen LogP contribution < -0.4 is 5.73 Å². The number of alkyl halides is 3. The Kier molecular flexibility index (Phi) is 6.53. The summed E-state index contributed by atoms with van der Waals surface area (Å²) in [6.45, 7) is 4.19. The molecule has 0 bridgehead atoms. The van der Waals surface area contributed by atoms with E-state index in [0.717, 1.165) is 31.7 Å². The minimum Gasteiger partial charge on any atom is -0.324 e. The summed E-state index contributed by atoms with van der Waals surface area (Å²) in [6, 6.07) is 5.10. The van der Waals surface area contributed by atoms with E-state index in [2.05, 4.69) is 13.8 Å². The molecule has 1 aromatic carbocycles. The summed E-state index contributed by atoms with van der Waals surface area (Å²) < 4.78 is 38.9. The van der Waals surface area contributed by atoms with Gasteiger partial charge in [-0.3, -0.25) is 0 Å². The standard InChI is InChI=1S/C16H24F3N/c1-3-5-8-12(4-2)11-15(20)13-9-6-7-10-14(13)16(17,18)19/h6-7,9-10,12,15H,3-5,8,11,20H2,1-2H3. The molecule has 0 aliphatic heterocycles. The highest BCUT2D eigenvalue weighted by Gasteiger charge is 2.34. The normalized spacial score (nSPS) is 15.1. The van der Waals surface area contributed by atoms with Crippen LogP contribution in [-0.2, 0) is 6.18 Å². The zero-order valence-corrected chi connectivity index (χ0v) is 12.2. The molecule has 0 saturated heterocycles. The molecule has 0 aliphatic carbocycles. The Balaban J connectivity index is 2.84. The molecule has 1 nitrogen and oxygen atoms in total. The van der Waals surface area contributed by atoms with Crippen LogP contribution in [0.25, 0.3) is 0 Å². The maximum Gasteiger partial charge on any atom is 0.416 e. The summed E-state index contributed by atoms with van der Waals surface area (Å²) in [5.41, 5.74) is 5.66. The molecule has 0 amide bonds. The van der Waals surface area contributed by atoms with Crippen molar-refractivity contribution in [1.29, 1.82) is 0 Å². The number of unbranched alkanes of at least 4 members (excludes halogenated alkanes) is 1. The molecule has 2 atom stereocenters. The third-order valence-electron chi connectivity index (χ3n) is 3.80. The highest BCUT2D eigenvalue weighted by molar-refractivity contribution is 5.32. The Hall–Kier alpha value is -1.03. The summed E-state index contributed by atoms with van der Waals surface area (Å²) in [5, 5.41) is 0. The summed E-state index contributed by atoms with van der Waals surface area (Å²) in [6.07, 6.45) is 0.483. The van der Waals surface area contributed by atoms with Crippen molar-refractivity contribution in [3.05, 3.63) is 35.4 Å². The lowest BCUT2D eigenvalue weighted by Gasteiger charge is -2.22. The smallest absolute Gasteiger partial charge is 0.324 e. The van der Waals surface area contributed by atoms with E-state index in [1.807, 2.05) is 0 Å². The average Bonchev–Trinajstić information content (AvgIpc) is 2.42. The predicted molar refractivity (Wildman–Crippen MR) is 76.3 cm³/mol. The molecule has 2 N–H and O–H groups in total. The van der Waals surface area contributed by atoms with E-state index in [9.17, 15) is 13.2 Å². The first-order valence-corrected chi connectivity index (χ1v) is 7.31. The molecule has 0 radical (unpaired) electrons. The number of nitrogens with two attached hydrogens (primary N) is 1. The summed E-state index contributed by atoms with van der Waals surface area (Å²) in [7, 11) is 0. The molecule has 114 valence electrons. The van der Waals surface area contributed by atoms with Gasteiger partial charge in [0.1, 0.15) is 0 Å². The van der Waals surface area contributed by atoms with Gasteiger partial charge in [0, 0.05) is 6.04 Å². The number of benzene rings is 1. The van der Waals surface area contributed by atoms with Gasteiger partial charge in [0.05, 0.1) is 5.56 Å². The Bertz CT molecular complexity index is 401. The van der Waals surface area contributed by atoms with E-state index in [4.69, 9.17) is 5.73 Å². The van der Waals surface area contributed by atoms with Gasteiger partial charge in [0.2, 0.25) is 0 Å². The van der Waals surface area contributed by atoms with Crippen LogP contribution in [0.2, 0.25) is 0 Å². The molecule has 0 heterocycles. The lowest BCUT2D eigenvalue weighted by atomic mass is 9.88. The fraction of sp³-hybridized carbons (Fsp3) is 0.625. The van der Waals surface area contributed by atoms with Crippen molar-refractivity contribution in [3.8, 4) is 0 Å². The highest BCUT2D eigenvalue weighted by Crippen LogP contribution is 2.36. The Morgan fingerprint density at radius 2 is 1.80 bits per heavy atom. The molecular weight excluding hydrogens is 263 g/mol. The van der Waals surface area contributed by atoms with Gasteiger partial charge in [-0.1, -0.05) is 57.7 Å². The van der Waals surface area contributed by atoms with E-state index in [-0.39, 0.29) is 5.56 Å². The molecule has 1 rings (SSSR count). The summed E-state index contributed by atoms with van der Waals surface area (Å²) in [5.74, 6) is 0.395. The van der Waals surface area contributed by atoms with Gasteiger partial charge >= 0.3 is 6.18 Å². The molecule has 20 heavy (non-hydrogen) atoms. The molecule has 2 unspecified atom stereocenters. The van der Waals surface area contributed by atoms with Crippen molar-refractivity contribution >= 4 is 0 Å². The van der Waals surface area contributed by atoms with Crippen molar-refractivity contribution in [2.75, 3.05) is 0 Å². The molecule has 0 aliphatic rings. The Morgan fingerprint density at radius 3 is 2.35 bits per heavy atom. The Labute approximate surface area is 119 Å². The van der Waals surface area contributed by atoms with Crippen molar-refractivity contribution in [2.45, 2.75) is 58.2 Å². The topological polar surface area (TPSA) is 26.0 Å². The predicted octanol–water partition coefficient (Wildman–Crippen LogP) is 5.31. The second kappa shape index (κ2) is 7.67. The van der Waals surface area contributed by atoms with Crippen LogP contribution in [0.3, 0.4) is 0 Å². The minimum absolute atomic E-state index is 0.218. The second-order valence-corrected chi connectivity index (χ2v) is 5.34. The third kappa shape index (κ3) is 4.82. The third-order valence-corrected chi connectivity index (χ3v) is 3.80. The van der Waals surface area contributed by atoms with Crippen molar-refractivity contribution < 1.29 is 13.2 Å². The molecule has 0 aromatic heterocycles. The van der Waals surface area contributed by atoms with E-state index in [1.165, 1.54) is 12.1 Å². The monoisotopic (exact) mass is 287 g/mol. The lowest BCUT2D eigenvalue weighted by molar-refractivity contribution is -0.138. The zero-order valence-electron chi connectivity index (χ0n) is 12.2.